The van der Waals surface area contributed by atoms with Gasteiger partial charge >= 0.3 is 0 Å². The van der Waals surface area contributed by atoms with Gasteiger partial charge in [-0.05, 0) is 50.1 Å². The number of nitrogens with one attached hydrogen (secondary N) is 2. The summed E-state index contributed by atoms with van der Waals surface area (Å²) in [4.78, 5) is 11.9. The lowest BCUT2D eigenvalue weighted by Crippen LogP contribution is -2.38. The van der Waals surface area contributed by atoms with E-state index in [9.17, 15) is 5.26 Å². The molecular formula is C24H29N7. The number of nitrogens with two attached hydrogens (primary N) is 1. The molecule has 0 saturated carbocycles. The van der Waals surface area contributed by atoms with Crippen molar-refractivity contribution in [3.63, 3.8) is 0 Å². The van der Waals surface area contributed by atoms with Gasteiger partial charge in [0.1, 0.15) is 5.82 Å². The summed E-state index contributed by atoms with van der Waals surface area (Å²) in [6.45, 7) is 6.36. The molecule has 0 spiro atoms. The van der Waals surface area contributed by atoms with Crippen molar-refractivity contribution in [3.8, 4) is 6.07 Å². The summed E-state index contributed by atoms with van der Waals surface area (Å²) >= 11 is 0. The standard InChI is InChI=1S/C24H29N7/c1-3-6-16(2)27-19-9-10-31(15-19)23-21-7-4-5-8-22(21)29-24(30-23)28-20-12-17(14-25)11-18(26)13-20/h4-5,7-8,11-13,16,19,27H,3,6,9-10,15,26H2,1-2H3,(H,28,29,30)/t16?,19-/m0/s1. The Morgan fingerprint density at radius 1 is 1.26 bits per heavy atom. The van der Waals surface area contributed by atoms with E-state index in [1.54, 1.807) is 18.2 Å². The second-order valence-corrected chi connectivity index (χ2v) is 8.26. The minimum absolute atomic E-state index is 0.457. The zero-order chi connectivity index (χ0) is 21.8. The molecule has 4 rings (SSSR count). The van der Waals surface area contributed by atoms with Crippen LogP contribution in [0.2, 0.25) is 0 Å². The number of nitrogens with zero attached hydrogens (tertiary/aromatic N) is 4. The summed E-state index contributed by atoms with van der Waals surface area (Å²) in [5.74, 6) is 1.43. The predicted molar refractivity (Wildman–Crippen MR) is 127 cm³/mol. The molecule has 160 valence electrons. The van der Waals surface area contributed by atoms with Crippen molar-refractivity contribution >= 4 is 34.0 Å². The monoisotopic (exact) mass is 415 g/mol. The second-order valence-electron chi connectivity index (χ2n) is 8.26. The maximum Gasteiger partial charge on any atom is 0.229 e. The van der Waals surface area contributed by atoms with E-state index in [2.05, 4.69) is 41.5 Å². The first-order valence-corrected chi connectivity index (χ1v) is 10.9. The van der Waals surface area contributed by atoms with Crippen LogP contribution in [0.25, 0.3) is 10.9 Å². The van der Waals surface area contributed by atoms with E-state index in [4.69, 9.17) is 15.7 Å². The molecule has 2 aromatic carbocycles. The van der Waals surface area contributed by atoms with Crippen LogP contribution >= 0.6 is 0 Å². The topological polar surface area (TPSA) is 103 Å². The molecule has 1 aromatic heterocycles. The second kappa shape index (κ2) is 9.19. The van der Waals surface area contributed by atoms with Gasteiger partial charge < -0.3 is 21.3 Å². The molecule has 0 aliphatic carbocycles. The van der Waals surface area contributed by atoms with E-state index in [0.29, 0.717) is 35.0 Å². The van der Waals surface area contributed by atoms with Crippen molar-refractivity contribution in [2.24, 2.45) is 0 Å². The molecule has 1 aliphatic rings. The zero-order valence-corrected chi connectivity index (χ0v) is 18.1. The molecule has 0 amide bonds. The molecular weight excluding hydrogens is 386 g/mol. The largest absolute Gasteiger partial charge is 0.399 e. The first-order chi connectivity index (χ1) is 15.1. The molecule has 1 aliphatic heterocycles. The van der Waals surface area contributed by atoms with E-state index in [1.165, 1.54) is 12.8 Å². The number of hydrogen-bond donors (Lipinski definition) is 3. The molecule has 1 unspecified atom stereocenters. The molecule has 1 saturated heterocycles. The average molecular weight is 416 g/mol. The molecule has 7 nitrogen and oxygen atoms in total. The summed E-state index contributed by atoms with van der Waals surface area (Å²) in [5, 5.41) is 17.3. The summed E-state index contributed by atoms with van der Waals surface area (Å²) in [6, 6.07) is 16.4. The maximum absolute atomic E-state index is 9.23. The lowest BCUT2D eigenvalue weighted by molar-refractivity contribution is 0.444. The molecule has 2 atom stereocenters. The van der Waals surface area contributed by atoms with Crippen molar-refractivity contribution in [1.82, 2.24) is 15.3 Å². The Hall–Kier alpha value is -3.37. The lowest BCUT2D eigenvalue weighted by Gasteiger charge is -2.22. The average Bonchev–Trinajstić information content (AvgIpc) is 3.21. The minimum atomic E-state index is 0.457. The van der Waals surface area contributed by atoms with E-state index < -0.39 is 0 Å². The van der Waals surface area contributed by atoms with Gasteiger partial charge in [-0.1, -0.05) is 25.5 Å². The van der Waals surface area contributed by atoms with Gasteiger partial charge in [0.05, 0.1) is 17.1 Å². The van der Waals surface area contributed by atoms with Gasteiger partial charge in [-0.2, -0.15) is 10.2 Å². The third-order valence-corrected chi connectivity index (χ3v) is 5.65. The molecule has 4 N–H and O–H groups in total. The molecule has 0 radical (unpaired) electrons. The van der Waals surface area contributed by atoms with Gasteiger partial charge in [0.2, 0.25) is 5.95 Å². The fraction of sp³-hybridized carbons (Fsp3) is 0.375. The van der Waals surface area contributed by atoms with Crippen LogP contribution in [0.4, 0.5) is 23.1 Å². The summed E-state index contributed by atoms with van der Waals surface area (Å²) < 4.78 is 0. The highest BCUT2D eigenvalue weighted by molar-refractivity contribution is 5.91. The third-order valence-electron chi connectivity index (χ3n) is 5.65. The highest BCUT2D eigenvalue weighted by Gasteiger charge is 2.26. The molecule has 31 heavy (non-hydrogen) atoms. The van der Waals surface area contributed by atoms with Crippen LogP contribution in [0.15, 0.2) is 42.5 Å². The van der Waals surface area contributed by atoms with Gasteiger partial charge in [-0.15, -0.1) is 0 Å². The number of nitrogen functional groups attached to an aromatic ring is 1. The highest BCUT2D eigenvalue weighted by Crippen LogP contribution is 2.29. The number of para-hydroxylation sites is 1. The van der Waals surface area contributed by atoms with Crippen LogP contribution < -0.4 is 21.3 Å². The van der Waals surface area contributed by atoms with Crippen molar-refractivity contribution in [2.75, 3.05) is 29.0 Å². The number of benzene rings is 2. The zero-order valence-electron chi connectivity index (χ0n) is 18.1. The lowest BCUT2D eigenvalue weighted by atomic mass is 10.1. The maximum atomic E-state index is 9.23. The molecule has 3 aromatic rings. The SMILES string of the molecule is CCCC(C)N[C@H]1CCN(c2nc(Nc3cc(N)cc(C#N)c3)nc3ccccc23)C1. The van der Waals surface area contributed by atoms with Crippen LogP contribution in [0.3, 0.4) is 0 Å². The van der Waals surface area contributed by atoms with Crippen LogP contribution in [-0.4, -0.2) is 35.1 Å². The Balaban J connectivity index is 1.62. The smallest absolute Gasteiger partial charge is 0.229 e. The highest BCUT2D eigenvalue weighted by atomic mass is 15.3. The Bertz CT molecular complexity index is 1100. The summed E-state index contributed by atoms with van der Waals surface area (Å²) in [6.07, 6.45) is 3.47. The first kappa shape index (κ1) is 20.9. The van der Waals surface area contributed by atoms with Gasteiger partial charge in [-0.25, -0.2) is 4.98 Å². The van der Waals surface area contributed by atoms with Gasteiger partial charge in [0.25, 0.3) is 0 Å². The van der Waals surface area contributed by atoms with Gasteiger partial charge in [-0.3, -0.25) is 0 Å². The van der Waals surface area contributed by atoms with Gasteiger partial charge in [0.15, 0.2) is 0 Å². The molecule has 2 heterocycles. The normalized spacial score (nSPS) is 16.9. The summed E-state index contributed by atoms with van der Waals surface area (Å²) in [5.41, 5.74) is 8.55. The van der Waals surface area contributed by atoms with E-state index >= 15 is 0 Å². The summed E-state index contributed by atoms with van der Waals surface area (Å²) in [7, 11) is 0. The Morgan fingerprint density at radius 2 is 2.10 bits per heavy atom. The minimum Gasteiger partial charge on any atom is -0.399 e. The van der Waals surface area contributed by atoms with Crippen LogP contribution in [-0.2, 0) is 0 Å². The van der Waals surface area contributed by atoms with E-state index in [1.807, 2.05) is 18.2 Å². The number of fused-ring (bicyclic) bond motifs is 1. The Labute approximate surface area is 183 Å². The number of anilines is 4. The van der Waals surface area contributed by atoms with Crippen molar-refractivity contribution in [1.29, 1.82) is 5.26 Å². The van der Waals surface area contributed by atoms with Crippen molar-refractivity contribution < 1.29 is 0 Å². The molecule has 1 fully saturated rings. The number of nitriles is 1. The molecule has 7 heteroatoms. The number of hydrogen-bond acceptors (Lipinski definition) is 7. The van der Waals surface area contributed by atoms with Crippen molar-refractivity contribution in [3.05, 3.63) is 48.0 Å². The van der Waals surface area contributed by atoms with Crippen LogP contribution in [0, 0.1) is 11.3 Å². The Morgan fingerprint density at radius 3 is 2.90 bits per heavy atom. The number of aromatic nitrogens is 2. The third kappa shape index (κ3) is 4.86. The molecule has 0 bridgehead atoms. The van der Waals surface area contributed by atoms with E-state index in [-0.39, 0.29) is 0 Å². The van der Waals surface area contributed by atoms with Gasteiger partial charge in [0, 0.05) is 41.9 Å². The quantitative estimate of drug-likeness (QED) is 0.497. The first-order valence-electron chi connectivity index (χ1n) is 10.9. The predicted octanol–water partition coefficient (Wildman–Crippen LogP) is 4.18. The van der Waals surface area contributed by atoms with Crippen LogP contribution in [0.5, 0.6) is 0 Å². The fourth-order valence-electron chi connectivity index (χ4n) is 4.28. The van der Waals surface area contributed by atoms with Crippen molar-refractivity contribution in [2.45, 2.75) is 45.2 Å². The number of rotatable bonds is 7. The fourth-order valence-corrected chi connectivity index (χ4v) is 4.28. The van der Waals surface area contributed by atoms with E-state index in [0.717, 1.165) is 36.2 Å². The van der Waals surface area contributed by atoms with Crippen LogP contribution in [0.1, 0.15) is 38.7 Å². The Kier molecular flexibility index (Phi) is 6.19.